The molecule has 4 amide bonds. The number of nitrogens with one attached hydrogen (secondary N) is 3. The number of hydrogen-bond acceptors (Lipinski definition) is 8. The fourth-order valence-electron chi connectivity index (χ4n) is 7.56. The number of ketones is 1. The van der Waals surface area contributed by atoms with Crippen LogP contribution >= 0.6 is 11.3 Å². The molecule has 4 aliphatic rings. The van der Waals surface area contributed by atoms with Crippen molar-refractivity contribution in [3.63, 3.8) is 0 Å². The first-order valence-electron chi connectivity index (χ1n) is 17.9. The number of allylic oxidation sites excluding steroid dienone is 1. The highest BCUT2D eigenvalue weighted by atomic mass is 32.2. The van der Waals surface area contributed by atoms with Crippen LogP contribution in [-0.2, 0) is 35.7 Å². The first-order chi connectivity index (χ1) is 23.6. The molecule has 1 aromatic heterocycles. The van der Waals surface area contributed by atoms with Gasteiger partial charge in [0, 0.05) is 30.6 Å². The number of amides is 4. The van der Waals surface area contributed by atoms with Gasteiger partial charge in [-0.3, -0.25) is 14.4 Å². The van der Waals surface area contributed by atoms with Gasteiger partial charge in [0.15, 0.2) is 5.68 Å². The average molecular weight is 743 g/mol. The maximum absolute atomic E-state index is 14.5. The third-order valence-electron chi connectivity index (χ3n) is 11.1. The lowest BCUT2D eigenvalue weighted by Crippen LogP contribution is -2.62. The van der Waals surface area contributed by atoms with Gasteiger partial charge in [-0.05, 0) is 51.9 Å². The predicted octanol–water partition coefficient (Wildman–Crippen LogP) is 3.55. The Morgan fingerprint density at radius 1 is 1.06 bits per heavy atom. The number of nitrogens with zero attached hydrogens (tertiary/aromatic N) is 2. The number of Topliss-reactive ketones (excluding diaryl/α,β-unsaturated/α-hetero) is 1. The number of piperidine rings is 1. The summed E-state index contributed by atoms with van der Waals surface area (Å²) in [5.41, 5.74) is -2.17. The third kappa shape index (κ3) is 8.15. The Kier molecular flexibility index (Phi) is 10.8. The number of thiophene rings is 1. The number of carbonyl (C=O) groups excluding carboxylic acids is 5. The molecule has 1 saturated heterocycles. The van der Waals surface area contributed by atoms with Crippen LogP contribution in [0.2, 0.25) is 6.32 Å². The van der Waals surface area contributed by atoms with E-state index in [0.717, 1.165) is 17.7 Å². The van der Waals surface area contributed by atoms with Crippen LogP contribution in [-0.4, -0.2) is 91.5 Å². The zero-order valence-corrected chi connectivity index (χ0v) is 32.7. The molecule has 2 saturated carbocycles. The molecular weight excluding hydrogens is 689 g/mol. The monoisotopic (exact) mass is 742 g/mol. The molecule has 1 aromatic rings. The normalized spacial score (nSPS) is 25.1. The second-order valence-electron chi connectivity index (χ2n) is 17.4. The fraction of sp³-hybridized carbons (Fsp3) is 0.694. The molecular formula is C36H53BN5O7S2. The second-order valence-corrected chi connectivity index (χ2v) is 20.3. The summed E-state index contributed by atoms with van der Waals surface area (Å²) in [6.07, 6.45) is 3.99. The first-order valence-corrected chi connectivity index (χ1v) is 20.2. The van der Waals surface area contributed by atoms with Crippen LogP contribution in [0.15, 0.2) is 29.0 Å². The van der Waals surface area contributed by atoms with Crippen molar-refractivity contribution in [3.05, 3.63) is 29.0 Å². The van der Waals surface area contributed by atoms with Gasteiger partial charge < -0.3 is 25.6 Å². The molecule has 2 aliphatic carbocycles. The number of sulfonamides is 1. The van der Waals surface area contributed by atoms with E-state index in [1.807, 2.05) is 41.5 Å². The number of fused-ring (bicyclic) bond motifs is 2. The van der Waals surface area contributed by atoms with Gasteiger partial charge in [-0.25, -0.2) is 13.2 Å². The van der Waals surface area contributed by atoms with Crippen molar-refractivity contribution in [1.82, 2.24) is 25.2 Å². The average Bonchev–Trinajstić information content (AvgIpc) is 3.70. The second kappa shape index (κ2) is 14.1. The van der Waals surface area contributed by atoms with Crippen molar-refractivity contribution in [2.75, 3.05) is 13.1 Å². The maximum Gasteiger partial charge on any atom is 0.315 e. The molecule has 0 spiro atoms. The van der Waals surface area contributed by atoms with Crippen LogP contribution in [0.4, 0.5) is 4.79 Å². The van der Waals surface area contributed by atoms with Gasteiger partial charge in [0.2, 0.25) is 34.9 Å². The highest BCUT2D eigenvalue weighted by Gasteiger charge is 2.70. The Morgan fingerprint density at radius 3 is 2.29 bits per heavy atom. The quantitative estimate of drug-likeness (QED) is 0.149. The van der Waals surface area contributed by atoms with E-state index in [1.165, 1.54) is 33.9 Å². The van der Waals surface area contributed by atoms with E-state index >= 15 is 0 Å². The summed E-state index contributed by atoms with van der Waals surface area (Å²) in [5.74, 6) is -1.39. The van der Waals surface area contributed by atoms with Crippen molar-refractivity contribution >= 4 is 58.0 Å². The number of likely N-dealkylation sites (tertiary alicyclic amines) is 1. The van der Waals surface area contributed by atoms with Gasteiger partial charge in [0.25, 0.3) is 0 Å². The van der Waals surface area contributed by atoms with E-state index in [-0.39, 0.29) is 42.6 Å². The number of urea groups is 1. The topological polar surface area (TPSA) is 162 Å². The first kappa shape index (κ1) is 39.2. The van der Waals surface area contributed by atoms with Crippen molar-refractivity contribution in [3.8, 4) is 0 Å². The van der Waals surface area contributed by atoms with Crippen LogP contribution in [0.5, 0.6) is 0 Å². The van der Waals surface area contributed by atoms with Crippen molar-refractivity contribution in [2.45, 2.75) is 117 Å². The summed E-state index contributed by atoms with van der Waals surface area (Å²) < 4.78 is 27.8. The molecule has 3 N–H and O–H groups in total. The molecule has 1 unspecified atom stereocenters. The molecule has 3 fully saturated rings. The molecule has 15 heteroatoms. The molecule has 0 bridgehead atoms. The highest BCUT2D eigenvalue weighted by Crippen LogP contribution is 2.65. The van der Waals surface area contributed by atoms with Crippen molar-refractivity contribution < 1.29 is 32.4 Å². The van der Waals surface area contributed by atoms with Crippen LogP contribution in [0.1, 0.15) is 79.5 Å². The molecule has 1 radical (unpaired) electrons. The Morgan fingerprint density at radius 2 is 1.73 bits per heavy atom. The van der Waals surface area contributed by atoms with Gasteiger partial charge >= 0.3 is 6.03 Å². The Labute approximate surface area is 307 Å². The largest absolute Gasteiger partial charge is 0.344 e. The van der Waals surface area contributed by atoms with E-state index < -0.39 is 74.3 Å². The summed E-state index contributed by atoms with van der Waals surface area (Å²) in [7, 11) is -2.42. The third-order valence-corrected chi connectivity index (χ3v) is 14.1. The molecule has 279 valence electrons. The Bertz CT molecular complexity index is 1690. The van der Waals surface area contributed by atoms with Gasteiger partial charge in [-0.15, -0.1) is 17.9 Å². The molecule has 0 aromatic carbocycles. The van der Waals surface area contributed by atoms with Crippen molar-refractivity contribution in [2.24, 2.45) is 34.0 Å². The molecule has 51 heavy (non-hydrogen) atoms. The van der Waals surface area contributed by atoms with Crippen LogP contribution in [0.3, 0.4) is 0 Å². The lowest BCUT2D eigenvalue weighted by molar-refractivity contribution is -0.144. The summed E-state index contributed by atoms with van der Waals surface area (Å²) >= 11 is 1.38. The van der Waals surface area contributed by atoms with Gasteiger partial charge in [-0.2, -0.15) is 4.31 Å². The predicted molar refractivity (Wildman–Crippen MR) is 196 cm³/mol. The van der Waals surface area contributed by atoms with Crippen LogP contribution < -0.4 is 16.0 Å². The number of rotatable bonds is 14. The minimum atomic E-state index is -3.69. The summed E-state index contributed by atoms with van der Waals surface area (Å²) in [5, 5.41) is 10.5. The van der Waals surface area contributed by atoms with Gasteiger partial charge in [0.1, 0.15) is 12.1 Å². The summed E-state index contributed by atoms with van der Waals surface area (Å²) in [6, 6.07) is -2.51. The fourth-order valence-corrected chi connectivity index (χ4v) is 10.5. The summed E-state index contributed by atoms with van der Waals surface area (Å²) in [4.78, 5) is 70.8. The van der Waals surface area contributed by atoms with E-state index in [1.54, 1.807) is 11.4 Å². The van der Waals surface area contributed by atoms with Gasteiger partial charge in [-0.1, -0.05) is 80.6 Å². The maximum atomic E-state index is 14.5. The lowest BCUT2D eigenvalue weighted by Gasteiger charge is -2.39. The smallest absolute Gasteiger partial charge is 0.315 e. The van der Waals surface area contributed by atoms with E-state index in [2.05, 4.69) is 36.4 Å². The summed E-state index contributed by atoms with van der Waals surface area (Å²) in [6.45, 7) is 19.6. The SMILES string of the molecule is C=CC[B]C(=O)C(=O)C(CC1CC1)NC(=O)[C@@H]1[C@@H]2[C@H](CN1C(=O)[C@@H](NC(=O)N[C@H](CN1Cc3sccc3S1(=O)=O)C(C)(C)C)C(C)(C)C)C2(C)C. The zero-order chi connectivity index (χ0) is 37.8. The molecule has 12 nitrogen and oxygen atoms in total. The minimum Gasteiger partial charge on any atom is -0.344 e. The molecule has 2 aliphatic heterocycles. The van der Waals surface area contributed by atoms with E-state index in [4.69, 9.17) is 0 Å². The molecule has 5 rings (SSSR count). The van der Waals surface area contributed by atoms with Crippen LogP contribution in [0, 0.1) is 34.0 Å². The minimum absolute atomic E-state index is 0.0518. The zero-order valence-electron chi connectivity index (χ0n) is 31.1. The number of hydrogen-bond donors (Lipinski definition) is 3. The van der Waals surface area contributed by atoms with E-state index in [0.29, 0.717) is 17.9 Å². The Balaban J connectivity index is 1.32. The van der Waals surface area contributed by atoms with Gasteiger partial charge in [0.05, 0.1) is 10.9 Å². The molecule has 6 atom stereocenters. The molecule has 3 heterocycles. The van der Waals surface area contributed by atoms with Crippen molar-refractivity contribution in [1.29, 1.82) is 0 Å². The highest BCUT2D eigenvalue weighted by molar-refractivity contribution is 7.89. The number of carbonyl (C=O) groups is 5. The lowest BCUT2D eigenvalue weighted by atomic mass is 9.67. The Hall–Kier alpha value is -3.04. The standard InChI is InChI=1S/C36H53BN5O7S2/c1-10-14-37-30(44)28(43)22(16-20-11-12-20)38-31(45)27-26-21(36(26,8)9)17-42(27)32(46)29(35(5,6)7)40-33(47)39-25(34(2,3)4)19-41-18-23-24(13-15-50-23)51(41,48)49/h10,13,15,20-22,25-27,29H,1,11-12,14,16-19H2,2-9H3,(H,38,45)(H2,39,40,47)/t21-,22?,25+,26-,27-,29+/m0/s1. The van der Waals surface area contributed by atoms with Crippen LogP contribution in [0.25, 0.3) is 0 Å². The van der Waals surface area contributed by atoms with E-state index in [9.17, 15) is 32.4 Å².